The maximum atomic E-state index is 11.2. The molecule has 0 radical (unpaired) electrons. The molecule has 0 aromatic heterocycles. The molecule has 0 aromatic rings. The molecule has 1 saturated heterocycles. The van der Waals surface area contributed by atoms with Crippen LogP contribution in [0.2, 0.25) is 0 Å². The molecule has 0 bridgehead atoms. The summed E-state index contributed by atoms with van der Waals surface area (Å²) in [5, 5.41) is 3.13. The van der Waals surface area contributed by atoms with Crippen LogP contribution in [0.25, 0.3) is 0 Å². The Morgan fingerprint density at radius 2 is 2.43 bits per heavy atom. The van der Waals surface area contributed by atoms with Gasteiger partial charge in [-0.05, 0) is 19.3 Å². The van der Waals surface area contributed by atoms with Gasteiger partial charge in [-0.15, -0.1) is 0 Å². The van der Waals surface area contributed by atoms with Gasteiger partial charge >= 0.3 is 5.97 Å². The summed E-state index contributed by atoms with van der Waals surface area (Å²) in [4.78, 5) is 11.2. The molecule has 0 saturated carbocycles. The number of ether oxygens (including phenoxy) is 2. The fourth-order valence-corrected chi connectivity index (χ4v) is 1.42. The van der Waals surface area contributed by atoms with Crippen LogP contribution in [0.15, 0.2) is 0 Å². The third kappa shape index (κ3) is 4.07. The predicted octanol–water partition coefficient (Wildman–Crippen LogP) is 0.708. The Morgan fingerprint density at radius 1 is 1.57 bits per heavy atom. The molecule has 0 amide bonds. The molecule has 0 aromatic carbocycles. The van der Waals surface area contributed by atoms with Crippen LogP contribution in [0.4, 0.5) is 0 Å². The monoisotopic (exact) mass is 201 g/mol. The Morgan fingerprint density at radius 3 is 3.14 bits per heavy atom. The summed E-state index contributed by atoms with van der Waals surface area (Å²) in [5.41, 5.74) is 0. The Hall–Kier alpha value is -0.610. The summed E-state index contributed by atoms with van der Waals surface area (Å²) >= 11 is 0. The van der Waals surface area contributed by atoms with Crippen LogP contribution in [0.5, 0.6) is 0 Å². The SMILES string of the molecule is CCCOCCCC1NCCOC1=O. The minimum Gasteiger partial charge on any atom is -0.463 e. The zero-order valence-corrected chi connectivity index (χ0v) is 8.75. The lowest BCUT2D eigenvalue weighted by Crippen LogP contribution is -2.45. The third-order valence-electron chi connectivity index (χ3n) is 2.15. The summed E-state index contributed by atoms with van der Waals surface area (Å²) in [6.07, 6.45) is 2.76. The lowest BCUT2D eigenvalue weighted by atomic mass is 10.1. The summed E-state index contributed by atoms with van der Waals surface area (Å²) in [6.45, 7) is 4.90. The average molecular weight is 201 g/mol. The van der Waals surface area contributed by atoms with Crippen LogP contribution in [-0.2, 0) is 14.3 Å². The summed E-state index contributed by atoms with van der Waals surface area (Å²) in [5.74, 6) is -0.119. The Balaban J connectivity index is 2.02. The highest BCUT2D eigenvalue weighted by atomic mass is 16.5. The number of hydrogen-bond acceptors (Lipinski definition) is 4. The number of morpholine rings is 1. The van der Waals surface area contributed by atoms with Crippen LogP contribution in [0.1, 0.15) is 26.2 Å². The molecule has 1 atom stereocenters. The van der Waals surface area contributed by atoms with Gasteiger partial charge < -0.3 is 14.8 Å². The molecule has 1 heterocycles. The number of carbonyl (C=O) groups is 1. The van der Waals surface area contributed by atoms with Crippen molar-refractivity contribution in [2.45, 2.75) is 32.2 Å². The first-order valence-electron chi connectivity index (χ1n) is 5.32. The lowest BCUT2D eigenvalue weighted by molar-refractivity contribution is -0.149. The average Bonchev–Trinajstić information content (AvgIpc) is 2.20. The minimum atomic E-state index is -0.119. The fraction of sp³-hybridized carbons (Fsp3) is 0.900. The topological polar surface area (TPSA) is 47.6 Å². The second kappa shape index (κ2) is 6.79. The van der Waals surface area contributed by atoms with Gasteiger partial charge in [0.1, 0.15) is 12.6 Å². The molecule has 0 spiro atoms. The Kier molecular flexibility index (Phi) is 5.56. The molecular formula is C10H19NO3. The van der Waals surface area contributed by atoms with Gasteiger partial charge in [-0.2, -0.15) is 0 Å². The molecule has 1 unspecified atom stereocenters. The van der Waals surface area contributed by atoms with Crippen molar-refractivity contribution >= 4 is 5.97 Å². The molecule has 1 aliphatic heterocycles. The van der Waals surface area contributed by atoms with E-state index in [1.807, 2.05) is 0 Å². The molecule has 1 rings (SSSR count). The molecule has 14 heavy (non-hydrogen) atoms. The quantitative estimate of drug-likeness (QED) is 0.508. The maximum absolute atomic E-state index is 11.2. The van der Waals surface area contributed by atoms with Crippen LogP contribution in [-0.4, -0.2) is 38.4 Å². The maximum Gasteiger partial charge on any atom is 0.323 e. The molecule has 82 valence electrons. The Bertz CT molecular complexity index is 173. The van der Waals surface area contributed by atoms with Gasteiger partial charge in [0.25, 0.3) is 0 Å². The van der Waals surface area contributed by atoms with Gasteiger partial charge in [0, 0.05) is 19.8 Å². The molecule has 4 heteroatoms. The highest BCUT2D eigenvalue weighted by molar-refractivity contribution is 5.76. The van der Waals surface area contributed by atoms with Crippen LogP contribution >= 0.6 is 0 Å². The van der Waals surface area contributed by atoms with Crippen LogP contribution in [0.3, 0.4) is 0 Å². The van der Waals surface area contributed by atoms with Crippen molar-refractivity contribution in [3.8, 4) is 0 Å². The smallest absolute Gasteiger partial charge is 0.323 e. The second-order valence-corrected chi connectivity index (χ2v) is 3.43. The van der Waals surface area contributed by atoms with Crippen molar-refractivity contribution in [3.05, 3.63) is 0 Å². The number of cyclic esters (lactones) is 1. The standard InChI is InChI=1S/C10H19NO3/c1-2-6-13-7-3-4-9-10(12)14-8-5-11-9/h9,11H,2-8H2,1H3. The normalized spacial score (nSPS) is 22.1. The summed E-state index contributed by atoms with van der Waals surface area (Å²) in [6, 6.07) is -0.117. The van der Waals surface area contributed by atoms with Crippen molar-refractivity contribution in [1.82, 2.24) is 5.32 Å². The largest absolute Gasteiger partial charge is 0.463 e. The van der Waals surface area contributed by atoms with E-state index >= 15 is 0 Å². The highest BCUT2D eigenvalue weighted by Crippen LogP contribution is 2.03. The molecule has 1 N–H and O–H groups in total. The van der Waals surface area contributed by atoms with Crippen molar-refractivity contribution in [2.75, 3.05) is 26.4 Å². The van der Waals surface area contributed by atoms with Gasteiger partial charge in [0.05, 0.1) is 0 Å². The van der Waals surface area contributed by atoms with Gasteiger partial charge in [-0.3, -0.25) is 4.79 Å². The zero-order valence-electron chi connectivity index (χ0n) is 8.75. The fourth-order valence-electron chi connectivity index (χ4n) is 1.42. The molecular weight excluding hydrogens is 182 g/mol. The van der Waals surface area contributed by atoms with E-state index in [4.69, 9.17) is 9.47 Å². The summed E-state index contributed by atoms with van der Waals surface area (Å²) in [7, 11) is 0. The molecule has 1 fully saturated rings. The van der Waals surface area contributed by atoms with Crippen molar-refractivity contribution in [2.24, 2.45) is 0 Å². The molecule has 0 aliphatic carbocycles. The summed E-state index contributed by atoms with van der Waals surface area (Å²) < 4.78 is 10.3. The van der Waals surface area contributed by atoms with E-state index in [-0.39, 0.29) is 12.0 Å². The van der Waals surface area contributed by atoms with E-state index < -0.39 is 0 Å². The third-order valence-corrected chi connectivity index (χ3v) is 2.15. The predicted molar refractivity (Wildman–Crippen MR) is 53.1 cm³/mol. The van der Waals surface area contributed by atoms with E-state index in [0.29, 0.717) is 6.61 Å². The molecule has 1 aliphatic rings. The second-order valence-electron chi connectivity index (χ2n) is 3.43. The van der Waals surface area contributed by atoms with E-state index in [2.05, 4.69) is 12.2 Å². The van der Waals surface area contributed by atoms with Gasteiger partial charge in [-0.1, -0.05) is 6.92 Å². The van der Waals surface area contributed by atoms with E-state index in [1.165, 1.54) is 0 Å². The van der Waals surface area contributed by atoms with E-state index in [0.717, 1.165) is 39.0 Å². The number of carbonyl (C=O) groups excluding carboxylic acids is 1. The number of rotatable bonds is 6. The zero-order chi connectivity index (χ0) is 10.2. The van der Waals surface area contributed by atoms with E-state index in [1.54, 1.807) is 0 Å². The molecule has 4 nitrogen and oxygen atoms in total. The van der Waals surface area contributed by atoms with Crippen molar-refractivity contribution in [3.63, 3.8) is 0 Å². The van der Waals surface area contributed by atoms with Gasteiger partial charge in [0.15, 0.2) is 0 Å². The lowest BCUT2D eigenvalue weighted by Gasteiger charge is -2.22. The van der Waals surface area contributed by atoms with E-state index in [9.17, 15) is 4.79 Å². The first kappa shape index (κ1) is 11.5. The number of hydrogen-bond donors (Lipinski definition) is 1. The van der Waals surface area contributed by atoms with Gasteiger partial charge in [-0.25, -0.2) is 0 Å². The van der Waals surface area contributed by atoms with Crippen molar-refractivity contribution in [1.29, 1.82) is 0 Å². The van der Waals surface area contributed by atoms with Crippen LogP contribution in [0, 0.1) is 0 Å². The highest BCUT2D eigenvalue weighted by Gasteiger charge is 2.22. The minimum absolute atomic E-state index is 0.117. The number of esters is 1. The first-order valence-corrected chi connectivity index (χ1v) is 5.32. The Labute approximate surface area is 85.0 Å². The number of nitrogens with one attached hydrogen (secondary N) is 1. The van der Waals surface area contributed by atoms with Crippen molar-refractivity contribution < 1.29 is 14.3 Å². The first-order chi connectivity index (χ1) is 6.84. The van der Waals surface area contributed by atoms with Gasteiger partial charge in [0.2, 0.25) is 0 Å². The van der Waals surface area contributed by atoms with Crippen LogP contribution < -0.4 is 5.32 Å².